The smallest absolute Gasteiger partial charge is 0.316 e. The van der Waals surface area contributed by atoms with Crippen LogP contribution in [0.5, 0.6) is 0 Å². The zero-order valence-corrected chi connectivity index (χ0v) is 12.8. The molecular formula is C18H18N2O3. The highest BCUT2D eigenvalue weighted by Crippen LogP contribution is 2.38. The molecular weight excluding hydrogens is 292 g/mol. The van der Waals surface area contributed by atoms with Crippen molar-refractivity contribution in [2.24, 2.45) is 0 Å². The molecule has 118 valence electrons. The van der Waals surface area contributed by atoms with Crippen molar-refractivity contribution >= 4 is 16.9 Å². The van der Waals surface area contributed by atoms with E-state index in [0.717, 1.165) is 29.7 Å². The van der Waals surface area contributed by atoms with Gasteiger partial charge in [0, 0.05) is 22.2 Å². The van der Waals surface area contributed by atoms with E-state index >= 15 is 0 Å². The van der Waals surface area contributed by atoms with Gasteiger partial charge in [-0.05, 0) is 30.7 Å². The lowest BCUT2D eigenvalue weighted by molar-refractivity contribution is -0.143. The highest BCUT2D eigenvalue weighted by Gasteiger charge is 2.37. The third-order valence-electron chi connectivity index (χ3n) is 4.59. The summed E-state index contributed by atoms with van der Waals surface area (Å²) < 4.78 is 10.3. The first kappa shape index (κ1) is 14.1. The van der Waals surface area contributed by atoms with Crippen molar-refractivity contribution in [3.8, 4) is 0 Å². The van der Waals surface area contributed by atoms with Gasteiger partial charge in [0.1, 0.15) is 5.92 Å². The van der Waals surface area contributed by atoms with E-state index in [1.807, 2.05) is 24.3 Å². The van der Waals surface area contributed by atoms with Gasteiger partial charge in [-0.2, -0.15) is 0 Å². The van der Waals surface area contributed by atoms with Crippen LogP contribution < -0.4 is 5.32 Å². The molecule has 23 heavy (non-hydrogen) atoms. The first-order valence-corrected chi connectivity index (χ1v) is 7.72. The fourth-order valence-electron chi connectivity index (χ4n) is 3.54. The molecule has 1 aliphatic rings. The summed E-state index contributed by atoms with van der Waals surface area (Å²) in [5, 5.41) is 4.64. The van der Waals surface area contributed by atoms with Gasteiger partial charge in [-0.25, -0.2) is 0 Å². The topological polar surface area (TPSA) is 67.3 Å². The number of para-hydroxylation sites is 1. The maximum atomic E-state index is 12.6. The van der Waals surface area contributed by atoms with Crippen LogP contribution in [0.3, 0.4) is 0 Å². The fourth-order valence-corrected chi connectivity index (χ4v) is 3.54. The Bertz CT molecular complexity index is 835. The maximum Gasteiger partial charge on any atom is 0.316 e. The number of esters is 1. The summed E-state index contributed by atoms with van der Waals surface area (Å²) in [5.41, 5.74) is 4.13. The molecule has 2 atom stereocenters. The van der Waals surface area contributed by atoms with Gasteiger partial charge in [0.05, 0.1) is 25.7 Å². The molecule has 0 bridgehead atoms. The molecule has 2 aromatic heterocycles. The molecule has 4 rings (SSSR count). The highest BCUT2D eigenvalue weighted by molar-refractivity contribution is 5.89. The summed E-state index contributed by atoms with van der Waals surface area (Å²) in [6.07, 6.45) is 4.17. The number of hydrogen-bond acceptors (Lipinski definition) is 4. The number of benzene rings is 1. The van der Waals surface area contributed by atoms with Crippen LogP contribution in [0.25, 0.3) is 10.9 Å². The van der Waals surface area contributed by atoms with Crippen molar-refractivity contribution in [1.29, 1.82) is 0 Å². The van der Waals surface area contributed by atoms with Gasteiger partial charge in [0.15, 0.2) is 0 Å². The second-order valence-corrected chi connectivity index (χ2v) is 5.80. The number of methoxy groups -OCH3 is 1. The Balaban J connectivity index is 1.91. The van der Waals surface area contributed by atoms with Crippen LogP contribution in [0.1, 0.15) is 28.8 Å². The van der Waals surface area contributed by atoms with Crippen LogP contribution in [0.4, 0.5) is 0 Å². The normalized spacial score (nSPS) is 20.9. The van der Waals surface area contributed by atoms with Crippen molar-refractivity contribution in [3.63, 3.8) is 0 Å². The second-order valence-electron chi connectivity index (χ2n) is 5.80. The largest absolute Gasteiger partial charge is 0.472 e. The lowest BCUT2D eigenvalue weighted by Crippen LogP contribution is -2.31. The van der Waals surface area contributed by atoms with E-state index in [9.17, 15) is 4.79 Å². The average molecular weight is 310 g/mol. The van der Waals surface area contributed by atoms with Crippen molar-refractivity contribution in [2.75, 3.05) is 13.7 Å². The summed E-state index contributed by atoms with van der Waals surface area (Å²) in [5.74, 6) is -0.680. The van der Waals surface area contributed by atoms with Gasteiger partial charge in [0.25, 0.3) is 0 Å². The SMILES string of the molecule is COC(=O)C1c2[nH]c3ccccc3c2CCNC1c1ccoc1. The molecule has 3 aromatic rings. The van der Waals surface area contributed by atoms with Crippen LogP contribution in [-0.4, -0.2) is 24.6 Å². The highest BCUT2D eigenvalue weighted by atomic mass is 16.5. The number of aromatic nitrogens is 1. The number of fused-ring (bicyclic) bond motifs is 3. The van der Waals surface area contributed by atoms with E-state index in [0.29, 0.717) is 0 Å². The van der Waals surface area contributed by atoms with E-state index in [1.54, 1.807) is 12.5 Å². The number of nitrogens with one attached hydrogen (secondary N) is 2. The number of furan rings is 1. The molecule has 0 saturated carbocycles. The number of carbonyl (C=O) groups excluding carboxylic acids is 1. The van der Waals surface area contributed by atoms with Gasteiger partial charge in [-0.15, -0.1) is 0 Å². The van der Waals surface area contributed by atoms with Crippen LogP contribution in [-0.2, 0) is 16.0 Å². The number of ether oxygens (including phenoxy) is 1. The summed E-state index contributed by atoms with van der Waals surface area (Å²) in [7, 11) is 1.43. The van der Waals surface area contributed by atoms with Gasteiger partial charge in [-0.3, -0.25) is 4.79 Å². The third kappa shape index (κ3) is 2.24. The number of hydrogen-bond donors (Lipinski definition) is 2. The Morgan fingerprint density at radius 3 is 2.96 bits per heavy atom. The van der Waals surface area contributed by atoms with E-state index in [2.05, 4.69) is 16.4 Å². The van der Waals surface area contributed by atoms with Crippen LogP contribution >= 0.6 is 0 Å². The molecule has 1 aliphatic heterocycles. The minimum atomic E-state index is -0.428. The molecule has 5 heteroatoms. The number of carbonyl (C=O) groups is 1. The number of rotatable bonds is 2. The van der Waals surface area contributed by atoms with E-state index in [-0.39, 0.29) is 12.0 Å². The number of aromatic amines is 1. The quantitative estimate of drug-likeness (QED) is 0.714. The Hall–Kier alpha value is -2.53. The Morgan fingerprint density at radius 2 is 2.17 bits per heavy atom. The van der Waals surface area contributed by atoms with E-state index < -0.39 is 5.92 Å². The summed E-state index contributed by atoms with van der Waals surface area (Å²) in [6.45, 7) is 0.790. The van der Waals surface area contributed by atoms with Crippen molar-refractivity contribution < 1.29 is 13.9 Å². The molecule has 0 spiro atoms. The molecule has 0 amide bonds. The molecule has 0 aliphatic carbocycles. The van der Waals surface area contributed by atoms with Crippen LogP contribution in [0.2, 0.25) is 0 Å². The Kier molecular flexibility index (Phi) is 3.42. The minimum Gasteiger partial charge on any atom is -0.472 e. The third-order valence-corrected chi connectivity index (χ3v) is 4.59. The first-order chi connectivity index (χ1) is 11.3. The Labute approximate surface area is 133 Å². The number of H-pyrrole nitrogens is 1. The lowest BCUT2D eigenvalue weighted by atomic mass is 9.90. The molecule has 1 aromatic carbocycles. The fraction of sp³-hybridized carbons (Fsp3) is 0.278. The van der Waals surface area contributed by atoms with Gasteiger partial charge < -0.3 is 19.5 Å². The van der Waals surface area contributed by atoms with Gasteiger partial charge >= 0.3 is 5.97 Å². The molecule has 3 heterocycles. The van der Waals surface area contributed by atoms with Gasteiger partial charge in [0.2, 0.25) is 0 Å². The second kappa shape index (κ2) is 5.59. The summed E-state index contributed by atoms with van der Waals surface area (Å²) >= 11 is 0. The van der Waals surface area contributed by atoms with E-state index in [4.69, 9.17) is 9.15 Å². The predicted molar refractivity (Wildman–Crippen MR) is 86.2 cm³/mol. The van der Waals surface area contributed by atoms with Crippen LogP contribution in [0, 0.1) is 0 Å². The molecule has 0 fully saturated rings. The monoisotopic (exact) mass is 310 g/mol. The zero-order chi connectivity index (χ0) is 15.8. The summed E-state index contributed by atoms with van der Waals surface area (Å²) in [6, 6.07) is 9.87. The minimum absolute atomic E-state index is 0.171. The maximum absolute atomic E-state index is 12.6. The predicted octanol–water partition coefficient (Wildman–Crippen LogP) is 2.90. The van der Waals surface area contributed by atoms with Crippen molar-refractivity contribution in [3.05, 3.63) is 59.7 Å². The zero-order valence-electron chi connectivity index (χ0n) is 12.8. The van der Waals surface area contributed by atoms with Crippen LogP contribution in [0.15, 0.2) is 47.3 Å². The van der Waals surface area contributed by atoms with Gasteiger partial charge in [-0.1, -0.05) is 18.2 Å². The molecule has 2 unspecified atom stereocenters. The van der Waals surface area contributed by atoms with E-state index in [1.165, 1.54) is 18.1 Å². The standard InChI is InChI=1S/C18H18N2O3/c1-22-18(21)15-16(11-7-9-23-10-11)19-8-6-13-12-4-2-3-5-14(12)20-17(13)15/h2-5,7,9-10,15-16,19-20H,6,8H2,1H3. The molecule has 5 nitrogen and oxygen atoms in total. The Morgan fingerprint density at radius 1 is 1.30 bits per heavy atom. The summed E-state index contributed by atoms with van der Waals surface area (Å²) in [4.78, 5) is 16.0. The molecule has 0 radical (unpaired) electrons. The first-order valence-electron chi connectivity index (χ1n) is 7.72. The average Bonchev–Trinajstić information content (AvgIpc) is 3.18. The lowest BCUT2D eigenvalue weighted by Gasteiger charge is -2.23. The molecule has 0 saturated heterocycles. The van der Waals surface area contributed by atoms with Crippen molar-refractivity contribution in [1.82, 2.24) is 10.3 Å². The van der Waals surface area contributed by atoms with Crippen molar-refractivity contribution in [2.45, 2.75) is 18.4 Å². The molecule has 2 N–H and O–H groups in total.